The number of nitrogens with zero attached hydrogens (tertiary/aromatic N) is 1. The Labute approximate surface area is 91.7 Å². The smallest absolute Gasteiger partial charge is 0.254 e. The molecule has 80 valence electrons. The maximum absolute atomic E-state index is 11.7. The van der Waals surface area contributed by atoms with E-state index in [-0.39, 0.29) is 16.7 Å². The van der Waals surface area contributed by atoms with Gasteiger partial charge in [0.2, 0.25) is 0 Å². The minimum atomic E-state index is -0.415. The second kappa shape index (κ2) is 3.72. The summed E-state index contributed by atoms with van der Waals surface area (Å²) in [6, 6.07) is 4.31. The van der Waals surface area contributed by atoms with Gasteiger partial charge in [-0.1, -0.05) is 11.6 Å². The summed E-state index contributed by atoms with van der Waals surface area (Å²) in [6.07, 6.45) is -0.415. The number of amides is 1. The Bertz CT molecular complexity index is 402. The second-order valence-corrected chi connectivity index (χ2v) is 3.94. The molecule has 15 heavy (non-hydrogen) atoms. The molecule has 0 radical (unpaired) electrons. The van der Waals surface area contributed by atoms with Crippen molar-refractivity contribution in [2.24, 2.45) is 0 Å². The molecule has 0 atom stereocenters. The van der Waals surface area contributed by atoms with Crippen molar-refractivity contribution in [2.45, 2.75) is 6.10 Å². The van der Waals surface area contributed by atoms with Crippen LogP contribution < -0.4 is 0 Å². The summed E-state index contributed by atoms with van der Waals surface area (Å²) in [5.74, 6) is -0.223. The molecule has 1 fully saturated rings. The lowest BCUT2D eigenvalue weighted by Gasteiger charge is -2.35. The summed E-state index contributed by atoms with van der Waals surface area (Å²) < 4.78 is 0. The minimum absolute atomic E-state index is 0.0446. The van der Waals surface area contributed by atoms with Crippen molar-refractivity contribution in [1.82, 2.24) is 4.90 Å². The van der Waals surface area contributed by atoms with Gasteiger partial charge in [-0.05, 0) is 18.2 Å². The fourth-order valence-corrected chi connectivity index (χ4v) is 1.62. The molecule has 0 bridgehead atoms. The minimum Gasteiger partial charge on any atom is -0.506 e. The number of aliphatic hydroxyl groups is 1. The first-order chi connectivity index (χ1) is 7.08. The Kier molecular flexibility index (Phi) is 2.54. The molecule has 1 heterocycles. The fourth-order valence-electron chi connectivity index (χ4n) is 1.44. The third-order valence-electron chi connectivity index (χ3n) is 2.34. The van der Waals surface area contributed by atoms with Crippen molar-refractivity contribution >= 4 is 17.5 Å². The highest BCUT2D eigenvalue weighted by Crippen LogP contribution is 2.25. The van der Waals surface area contributed by atoms with E-state index in [2.05, 4.69) is 0 Å². The highest BCUT2D eigenvalue weighted by molar-refractivity contribution is 6.32. The maximum Gasteiger partial charge on any atom is 0.254 e. The Hall–Kier alpha value is -1.26. The van der Waals surface area contributed by atoms with E-state index in [0.29, 0.717) is 18.7 Å². The van der Waals surface area contributed by atoms with E-state index >= 15 is 0 Å². The molecule has 0 unspecified atom stereocenters. The standard InChI is InChI=1S/C10H10ClNO3/c11-8-3-6(1-2-9(8)14)10(15)12-4-7(13)5-12/h1-3,7,13-14H,4-5H2. The van der Waals surface area contributed by atoms with Gasteiger partial charge in [0.05, 0.1) is 11.1 Å². The SMILES string of the molecule is O=C(c1ccc(O)c(Cl)c1)N1CC(O)C1. The molecule has 0 aromatic heterocycles. The zero-order valence-corrected chi connectivity index (χ0v) is 8.61. The second-order valence-electron chi connectivity index (χ2n) is 3.53. The maximum atomic E-state index is 11.7. The van der Waals surface area contributed by atoms with Crippen molar-refractivity contribution in [2.75, 3.05) is 13.1 Å². The average Bonchev–Trinajstić information content (AvgIpc) is 2.16. The number of aliphatic hydroxyl groups excluding tert-OH is 1. The number of carbonyl (C=O) groups excluding carboxylic acids is 1. The molecule has 1 amide bonds. The van der Waals surface area contributed by atoms with Gasteiger partial charge >= 0.3 is 0 Å². The zero-order chi connectivity index (χ0) is 11.0. The highest BCUT2D eigenvalue weighted by Gasteiger charge is 2.29. The predicted octanol–water partition coefficient (Wildman–Crippen LogP) is 0.862. The number of hydrogen-bond acceptors (Lipinski definition) is 3. The van der Waals surface area contributed by atoms with Crippen molar-refractivity contribution in [3.63, 3.8) is 0 Å². The molecular weight excluding hydrogens is 218 g/mol. The molecule has 0 saturated carbocycles. The van der Waals surface area contributed by atoms with E-state index in [0.717, 1.165) is 0 Å². The summed E-state index contributed by atoms with van der Waals surface area (Å²) in [7, 11) is 0. The molecule has 5 heteroatoms. The summed E-state index contributed by atoms with van der Waals surface area (Å²) >= 11 is 5.68. The first kappa shape index (κ1) is 10.3. The molecule has 1 aliphatic rings. The molecule has 0 aliphatic carbocycles. The van der Waals surface area contributed by atoms with Crippen LogP contribution in [-0.2, 0) is 0 Å². The Morgan fingerprint density at radius 1 is 1.47 bits per heavy atom. The van der Waals surface area contributed by atoms with Crippen LogP contribution in [0.2, 0.25) is 5.02 Å². The van der Waals surface area contributed by atoms with Gasteiger partial charge in [-0.15, -0.1) is 0 Å². The van der Waals surface area contributed by atoms with Gasteiger partial charge in [-0.2, -0.15) is 0 Å². The lowest BCUT2D eigenvalue weighted by atomic mass is 10.1. The molecule has 1 saturated heterocycles. The van der Waals surface area contributed by atoms with E-state index in [9.17, 15) is 9.90 Å². The van der Waals surface area contributed by atoms with Gasteiger partial charge in [-0.25, -0.2) is 0 Å². The third kappa shape index (κ3) is 1.91. The number of phenols is 1. The van der Waals surface area contributed by atoms with Crippen molar-refractivity contribution in [3.05, 3.63) is 28.8 Å². The molecule has 2 N–H and O–H groups in total. The Morgan fingerprint density at radius 3 is 2.67 bits per heavy atom. The van der Waals surface area contributed by atoms with Gasteiger partial charge < -0.3 is 15.1 Å². The van der Waals surface area contributed by atoms with Crippen LogP contribution >= 0.6 is 11.6 Å². The number of benzene rings is 1. The number of phenolic OH excluding ortho intramolecular Hbond substituents is 1. The van der Waals surface area contributed by atoms with Crippen LogP contribution in [0.5, 0.6) is 5.75 Å². The van der Waals surface area contributed by atoms with E-state index in [1.807, 2.05) is 0 Å². The van der Waals surface area contributed by atoms with E-state index < -0.39 is 6.10 Å². The van der Waals surface area contributed by atoms with Crippen LogP contribution in [0.1, 0.15) is 10.4 Å². The number of halogens is 1. The van der Waals surface area contributed by atoms with Gasteiger partial charge in [0, 0.05) is 18.7 Å². The quantitative estimate of drug-likeness (QED) is 0.748. The number of hydrogen-bond donors (Lipinski definition) is 2. The molecule has 1 aromatic carbocycles. The molecule has 0 spiro atoms. The van der Waals surface area contributed by atoms with Gasteiger partial charge in [0.15, 0.2) is 0 Å². The monoisotopic (exact) mass is 227 g/mol. The van der Waals surface area contributed by atoms with Crippen LogP contribution in [0.4, 0.5) is 0 Å². The number of aromatic hydroxyl groups is 1. The number of likely N-dealkylation sites (tertiary alicyclic amines) is 1. The van der Waals surface area contributed by atoms with Gasteiger partial charge in [-0.3, -0.25) is 4.79 Å². The van der Waals surface area contributed by atoms with Crippen LogP contribution in [0, 0.1) is 0 Å². The average molecular weight is 228 g/mol. The summed E-state index contributed by atoms with van der Waals surface area (Å²) in [5, 5.41) is 18.4. The van der Waals surface area contributed by atoms with Crippen LogP contribution in [0.3, 0.4) is 0 Å². The first-order valence-corrected chi connectivity index (χ1v) is 4.91. The van der Waals surface area contributed by atoms with E-state index in [1.165, 1.54) is 23.1 Å². The topological polar surface area (TPSA) is 60.8 Å². The van der Waals surface area contributed by atoms with Gasteiger partial charge in [0.1, 0.15) is 5.75 Å². The molecule has 2 rings (SSSR count). The van der Waals surface area contributed by atoms with Crippen molar-refractivity contribution < 1.29 is 15.0 Å². The number of carbonyl (C=O) groups is 1. The normalized spacial score (nSPS) is 16.3. The third-order valence-corrected chi connectivity index (χ3v) is 2.65. The molecule has 1 aliphatic heterocycles. The van der Waals surface area contributed by atoms with E-state index in [1.54, 1.807) is 0 Å². The summed E-state index contributed by atoms with van der Waals surface area (Å²) in [6.45, 7) is 0.717. The van der Waals surface area contributed by atoms with E-state index in [4.69, 9.17) is 16.7 Å². The highest BCUT2D eigenvalue weighted by atomic mass is 35.5. The van der Waals surface area contributed by atoms with Gasteiger partial charge in [0.25, 0.3) is 5.91 Å². The molecule has 4 nitrogen and oxygen atoms in total. The Balaban J connectivity index is 2.16. The predicted molar refractivity (Wildman–Crippen MR) is 55.0 cm³/mol. The molecular formula is C10H10ClNO3. The summed E-state index contributed by atoms with van der Waals surface area (Å²) in [4.78, 5) is 13.2. The van der Waals surface area contributed by atoms with Crippen molar-refractivity contribution in [3.8, 4) is 5.75 Å². The first-order valence-electron chi connectivity index (χ1n) is 4.54. The number of β-amino-alcohol motifs (C(OH)–C–C–N with tert-alkyl or cyclic N) is 1. The van der Waals surface area contributed by atoms with Crippen LogP contribution in [-0.4, -0.2) is 40.2 Å². The lowest BCUT2D eigenvalue weighted by Crippen LogP contribution is -2.53. The number of rotatable bonds is 1. The lowest BCUT2D eigenvalue weighted by molar-refractivity contribution is 0.00589. The zero-order valence-electron chi connectivity index (χ0n) is 7.85. The van der Waals surface area contributed by atoms with Crippen molar-refractivity contribution in [1.29, 1.82) is 0 Å². The van der Waals surface area contributed by atoms with Crippen LogP contribution in [0.15, 0.2) is 18.2 Å². The molecule has 1 aromatic rings. The fraction of sp³-hybridized carbons (Fsp3) is 0.300. The van der Waals surface area contributed by atoms with Crippen LogP contribution in [0.25, 0.3) is 0 Å². The Morgan fingerprint density at radius 2 is 2.13 bits per heavy atom. The summed E-state index contributed by atoms with van der Waals surface area (Å²) in [5.41, 5.74) is 0.421. The largest absolute Gasteiger partial charge is 0.506 e.